The number of hydrogen-bond acceptors (Lipinski definition) is 9. The highest BCUT2D eigenvalue weighted by Gasteiger charge is 2.62. The normalized spacial score (nSPS) is 19.5. The lowest BCUT2D eigenvalue weighted by atomic mass is 9.67. The van der Waals surface area contributed by atoms with E-state index in [1.54, 1.807) is 38.1 Å². The molecule has 10 nitrogen and oxygen atoms in total. The molecule has 1 aromatic carbocycles. The summed E-state index contributed by atoms with van der Waals surface area (Å²) in [6.07, 6.45) is -0.506. The Kier molecular flexibility index (Phi) is 6.00. The van der Waals surface area contributed by atoms with Crippen molar-refractivity contribution in [3.8, 4) is 0 Å². The minimum absolute atomic E-state index is 0.0267. The number of carbonyl (C=O) groups is 4. The SMILES string of the molecule is CCOC(=O)CC1=C(C(=O)OCC)C2(C(=O)Nc3ccccc32)C(C(=O)OC)=C(N)O1. The fourth-order valence-corrected chi connectivity index (χ4v) is 3.80. The van der Waals surface area contributed by atoms with E-state index in [2.05, 4.69) is 5.32 Å². The van der Waals surface area contributed by atoms with E-state index in [0.717, 1.165) is 7.11 Å². The molecule has 2 heterocycles. The molecule has 164 valence electrons. The first-order valence-electron chi connectivity index (χ1n) is 9.56. The zero-order valence-corrected chi connectivity index (χ0v) is 17.3. The predicted octanol–water partition coefficient (Wildman–Crippen LogP) is 1.02. The summed E-state index contributed by atoms with van der Waals surface area (Å²) in [5.74, 6) is -4.07. The van der Waals surface area contributed by atoms with Crippen molar-refractivity contribution in [2.24, 2.45) is 5.73 Å². The average molecular weight is 430 g/mol. The molecule has 0 aliphatic carbocycles. The van der Waals surface area contributed by atoms with Gasteiger partial charge in [-0.15, -0.1) is 0 Å². The number of fused-ring (bicyclic) bond motifs is 2. The minimum Gasteiger partial charge on any atom is -0.466 e. The number of anilines is 1. The van der Waals surface area contributed by atoms with Gasteiger partial charge in [-0.25, -0.2) is 9.59 Å². The second-order valence-corrected chi connectivity index (χ2v) is 6.58. The molecule has 2 aliphatic heterocycles. The number of nitrogens with two attached hydrogens (primary N) is 1. The molecule has 31 heavy (non-hydrogen) atoms. The Bertz CT molecular complexity index is 1030. The number of para-hydroxylation sites is 1. The second-order valence-electron chi connectivity index (χ2n) is 6.58. The lowest BCUT2D eigenvalue weighted by Gasteiger charge is -2.35. The molecule has 2 aliphatic rings. The van der Waals surface area contributed by atoms with Gasteiger partial charge in [0, 0.05) is 11.3 Å². The van der Waals surface area contributed by atoms with Crippen LogP contribution >= 0.6 is 0 Å². The molecule has 0 saturated heterocycles. The first kappa shape index (κ1) is 21.9. The van der Waals surface area contributed by atoms with E-state index < -0.39 is 41.5 Å². The molecule has 1 atom stereocenters. The van der Waals surface area contributed by atoms with Crippen molar-refractivity contribution in [2.75, 3.05) is 25.6 Å². The molecule has 0 bridgehead atoms. The van der Waals surface area contributed by atoms with Crippen molar-refractivity contribution in [3.05, 3.63) is 52.6 Å². The Morgan fingerprint density at radius 1 is 1.06 bits per heavy atom. The smallest absolute Gasteiger partial charge is 0.340 e. The van der Waals surface area contributed by atoms with Crippen LogP contribution in [0.1, 0.15) is 25.8 Å². The Hall–Kier alpha value is -3.82. The van der Waals surface area contributed by atoms with Gasteiger partial charge in [0.05, 0.1) is 20.3 Å². The molecule has 1 amide bonds. The Labute approximate surface area is 178 Å². The fraction of sp³-hybridized carbons (Fsp3) is 0.333. The van der Waals surface area contributed by atoms with Crippen molar-refractivity contribution in [1.29, 1.82) is 0 Å². The van der Waals surface area contributed by atoms with E-state index in [1.165, 1.54) is 0 Å². The standard InChI is InChI=1S/C21H22N2O8/c1-4-29-14(24)10-13-15(19(26)30-5-2)21(16(17(22)31-13)18(25)28-3)11-8-6-7-9-12(11)23-20(21)27/h6-9H,4-5,10,22H2,1-3H3,(H,23,27). The number of benzene rings is 1. The molecular formula is C21H22N2O8. The third-order valence-electron chi connectivity index (χ3n) is 4.91. The maximum Gasteiger partial charge on any atom is 0.340 e. The van der Waals surface area contributed by atoms with Crippen molar-refractivity contribution < 1.29 is 38.1 Å². The number of esters is 3. The van der Waals surface area contributed by atoms with E-state index in [0.29, 0.717) is 5.69 Å². The number of hydrogen-bond donors (Lipinski definition) is 2. The molecular weight excluding hydrogens is 408 g/mol. The van der Waals surface area contributed by atoms with Gasteiger partial charge in [-0.1, -0.05) is 18.2 Å². The van der Waals surface area contributed by atoms with E-state index in [-0.39, 0.29) is 35.7 Å². The fourth-order valence-electron chi connectivity index (χ4n) is 3.80. The van der Waals surface area contributed by atoms with Gasteiger partial charge in [-0.3, -0.25) is 9.59 Å². The number of methoxy groups -OCH3 is 1. The van der Waals surface area contributed by atoms with Gasteiger partial charge in [0.1, 0.15) is 28.7 Å². The molecule has 1 aromatic rings. The summed E-state index contributed by atoms with van der Waals surface area (Å²) in [5, 5.41) is 2.66. The zero-order chi connectivity index (χ0) is 22.8. The van der Waals surface area contributed by atoms with E-state index in [1.807, 2.05) is 0 Å². The van der Waals surface area contributed by atoms with Crippen LogP contribution in [-0.2, 0) is 43.5 Å². The zero-order valence-electron chi connectivity index (χ0n) is 17.3. The molecule has 3 rings (SSSR count). The van der Waals surface area contributed by atoms with Crippen LogP contribution in [0.3, 0.4) is 0 Å². The first-order chi connectivity index (χ1) is 14.8. The minimum atomic E-state index is -2.03. The van der Waals surface area contributed by atoms with Crippen LogP contribution in [0.4, 0.5) is 5.69 Å². The number of carbonyl (C=O) groups excluding carboxylic acids is 4. The summed E-state index contributed by atoms with van der Waals surface area (Å²) in [4.78, 5) is 51.5. The molecule has 0 radical (unpaired) electrons. The molecule has 1 unspecified atom stereocenters. The van der Waals surface area contributed by atoms with Crippen molar-refractivity contribution in [1.82, 2.24) is 0 Å². The summed E-state index contributed by atoms with van der Waals surface area (Å²) >= 11 is 0. The van der Waals surface area contributed by atoms with E-state index in [9.17, 15) is 19.2 Å². The number of rotatable bonds is 6. The van der Waals surface area contributed by atoms with Gasteiger partial charge < -0.3 is 30.0 Å². The Balaban J connectivity index is 2.38. The summed E-state index contributed by atoms with van der Waals surface area (Å²) in [6.45, 7) is 3.26. The highest BCUT2D eigenvalue weighted by Crippen LogP contribution is 2.52. The van der Waals surface area contributed by atoms with Gasteiger partial charge in [0.15, 0.2) is 0 Å². The quantitative estimate of drug-likeness (QED) is 0.499. The summed E-state index contributed by atoms with van der Waals surface area (Å²) in [7, 11) is 1.11. The predicted molar refractivity (Wildman–Crippen MR) is 106 cm³/mol. The topological polar surface area (TPSA) is 143 Å². The number of nitrogens with one attached hydrogen (secondary N) is 1. The first-order valence-corrected chi connectivity index (χ1v) is 9.56. The monoisotopic (exact) mass is 430 g/mol. The third kappa shape index (κ3) is 3.39. The molecule has 10 heteroatoms. The molecule has 0 saturated carbocycles. The highest BCUT2D eigenvalue weighted by molar-refractivity contribution is 6.21. The number of ether oxygens (including phenoxy) is 4. The van der Waals surface area contributed by atoms with Gasteiger partial charge >= 0.3 is 17.9 Å². The van der Waals surface area contributed by atoms with Gasteiger partial charge in [0.2, 0.25) is 11.8 Å². The number of amides is 1. The van der Waals surface area contributed by atoms with Crippen molar-refractivity contribution in [2.45, 2.75) is 25.7 Å². The summed E-state index contributed by atoms with van der Waals surface area (Å²) in [5.41, 5.74) is 3.94. The van der Waals surface area contributed by atoms with Gasteiger partial charge in [0.25, 0.3) is 0 Å². The highest BCUT2D eigenvalue weighted by atomic mass is 16.5. The summed E-state index contributed by atoms with van der Waals surface area (Å²) in [6, 6.07) is 6.48. The summed E-state index contributed by atoms with van der Waals surface area (Å²) < 4.78 is 20.5. The average Bonchev–Trinajstić information content (AvgIpc) is 3.00. The third-order valence-corrected chi connectivity index (χ3v) is 4.91. The van der Waals surface area contributed by atoms with Crippen LogP contribution in [0.2, 0.25) is 0 Å². The van der Waals surface area contributed by atoms with Crippen LogP contribution in [0.15, 0.2) is 47.1 Å². The molecule has 0 aromatic heterocycles. The van der Waals surface area contributed by atoms with Crippen molar-refractivity contribution >= 4 is 29.5 Å². The van der Waals surface area contributed by atoms with Crippen LogP contribution in [0, 0.1) is 0 Å². The Morgan fingerprint density at radius 3 is 2.39 bits per heavy atom. The maximum atomic E-state index is 13.4. The van der Waals surface area contributed by atoms with E-state index >= 15 is 0 Å². The van der Waals surface area contributed by atoms with Crippen LogP contribution in [0.5, 0.6) is 0 Å². The van der Waals surface area contributed by atoms with Gasteiger partial charge in [-0.2, -0.15) is 0 Å². The largest absolute Gasteiger partial charge is 0.466 e. The Morgan fingerprint density at radius 2 is 1.74 bits per heavy atom. The lowest BCUT2D eigenvalue weighted by Crippen LogP contribution is -2.48. The second kappa shape index (κ2) is 8.50. The lowest BCUT2D eigenvalue weighted by molar-refractivity contribution is -0.143. The van der Waals surface area contributed by atoms with Crippen LogP contribution < -0.4 is 11.1 Å². The molecule has 1 spiro atoms. The van der Waals surface area contributed by atoms with Gasteiger partial charge in [-0.05, 0) is 19.9 Å². The van der Waals surface area contributed by atoms with Crippen molar-refractivity contribution in [3.63, 3.8) is 0 Å². The van der Waals surface area contributed by atoms with E-state index in [4.69, 9.17) is 24.7 Å². The van der Waals surface area contributed by atoms with Crippen LogP contribution in [0.25, 0.3) is 0 Å². The van der Waals surface area contributed by atoms with Crippen LogP contribution in [-0.4, -0.2) is 44.1 Å². The maximum absolute atomic E-state index is 13.4. The molecule has 0 fully saturated rings. The molecule has 3 N–H and O–H groups in total.